The molecule has 0 spiro atoms. The molecule has 0 atom stereocenters. The number of nitrogens with one attached hydrogen (secondary N) is 2. The SMILES string of the molecule is CCOc1ccc(NC(=O)c2cnc(NCCc3ccc(OC)cc3)nc2)cc1. The number of hydrogen-bond donors (Lipinski definition) is 2. The van der Waals surface area contributed by atoms with Crippen LogP contribution in [0.2, 0.25) is 0 Å². The molecule has 2 N–H and O–H groups in total. The first-order valence-corrected chi connectivity index (χ1v) is 9.41. The van der Waals surface area contributed by atoms with Crippen LogP contribution in [0.3, 0.4) is 0 Å². The van der Waals surface area contributed by atoms with E-state index in [9.17, 15) is 4.79 Å². The monoisotopic (exact) mass is 392 g/mol. The number of nitrogens with zero attached hydrogens (tertiary/aromatic N) is 2. The second kappa shape index (κ2) is 10.1. The van der Waals surface area contributed by atoms with Gasteiger partial charge >= 0.3 is 0 Å². The predicted molar refractivity (Wildman–Crippen MR) is 113 cm³/mol. The van der Waals surface area contributed by atoms with E-state index in [1.54, 1.807) is 19.2 Å². The van der Waals surface area contributed by atoms with Gasteiger partial charge < -0.3 is 20.1 Å². The van der Waals surface area contributed by atoms with E-state index in [4.69, 9.17) is 9.47 Å². The van der Waals surface area contributed by atoms with E-state index < -0.39 is 0 Å². The largest absolute Gasteiger partial charge is 0.497 e. The molecule has 0 aliphatic carbocycles. The number of ether oxygens (including phenoxy) is 2. The summed E-state index contributed by atoms with van der Waals surface area (Å²) >= 11 is 0. The number of carbonyl (C=O) groups excluding carboxylic acids is 1. The van der Waals surface area contributed by atoms with E-state index >= 15 is 0 Å². The number of hydrogen-bond acceptors (Lipinski definition) is 6. The van der Waals surface area contributed by atoms with Crippen molar-refractivity contribution in [1.29, 1.82) is 0 Å². The Bertz CT molecular complexity index is 910. The summed E-state index contributed by atoms with van der Waals surface area (Å²) in [7, 11) is 1.65. The van der Waals surface area contributed by atoms with Gasteiger partial charge in [0.15, 0.2) is 0 Å². The molecule has 2 aromatic carbocycles. The molecule has 7 nitrogen and oxygen atoms in total. The molecule has 7 heteroatoms. The molecular formula is C22H24N4O3. The fourth-order valence-electron chi connectivity index (χ4n) is 2.65. The van der Waals surface area contributed by atoms with Gasteiger partial charge in [-0.3, -0.25) is 4.79 Å². The molecule has 0 saturated carbocycles. The van der Waals surface area contributed by atoms with Crippen LogP contribution in [0.15, 0.2) is 60.9 Å². The second-order valence-corrected chi connectivity index (χ2v) is 6.23. The van der Waals surface area contributed by atoms with Crippen molar-refractivity contribution in [3.05, 3.63) is 72.1 Å². The second-order valence-electron chi connectivity index (χ2n) is 6.23. The van der Waals surface area contributed by atoms with Crippen molar-refractivity contribution in [2.45, 2.75) is 13.3 Å². The Hall–Kier alpha value is -3.61. The van der Waals surface area contributed by atoms with E-state index in [0.717, 1.165) is 17.9 Å². The van der Waals surface area contributed by atoms with Crippen LogP contribution >= 0.6 is 0 Å². The Labute approximate surface area is 170 Å². The van der Waals surface area contributed by atoms with Crippen LogP contribution in [0, 0.1) is 0 Å². The smallest absolute Gasteiger partial charge is 0.258 e. The number of methoxy groups -OCH3 is 1. The molecule has 0 bridgehead atoms. The Kier molecular flexibility index (Phi) is 7.00. The summed E-state index contributed by atoms with van der Waals surface area (Å²) in [6.45, 7) is 3.21. The van der Waals surface area contributed by atoms with Gasteiger partial charge in [0.25, 0.3) is 5.91 Å². The summed E-state index contributed by atoms with van der Waals surface area (Å²) in [6, 6.07) is 15.1. The van der Waals surface area contributed by atoms with Crippen LogP contribution < -0.4 is 20.1 Å². The predicted octanol–water partition coefficient (Wildman–Crippen LogP) is 3.79. The number of anilines is 2. The number of rotatable bonds is 9. The van der Waals surface area contributed by atoms with Crippen molar-refractivity contribution in [1.82, 2.24) is 9.97 Å². The Morgan fingerprint density at radius 3 is 2.24 bits per heavy atom. The highest BCUT2D eigenvalue weighted by Gasteiger charge is 2.08. The van der Waals surface area contributed by atoms with Crippen molar-refractivity contribution in [3.63, 3.8) is 0 Å². The summed E-state index contributed by atoms with van der Waals surface area (Å²) < 4.78 is 10.5. The van der Waals surface area contributed by atoms with Crippen LogP contribution in [0.4, 0.5) is 11.6 Å². The zero-order valence-corrected chi connectivity index (χ0v) is 16.5. The summed E-state index contributed by atoms with van der Waals surface area (Å²) in [4.78, 5) is 20.8. The Morgan fingerprint density at radius 1 is 0.966 bits per heavy atom. The summed E-state index contributed by atoms with van der Waals surface area (Å²) in [6.07, 6.45) is 3.84. The van der Waals surface area contributed by atoms with E-state index in [0.29, 0.717) is 30.4 Å². The summed E-state index contributed by atoms with van der Waals surface area (Å²) in [5, 5.41) is 5.97. The standard InChI is InChI=1S/C22H24N4O3/c1-3-29-20-10-6-18(7-11-20)26-21(27)17-14-24-22(25-15-17)23-13-12-16-4-8-19(28-2)9-5-16/h4-11,14-15H,3,12-13H2,1-2H3,(H,26,27)(H,23,24,25). The van der Waals surface area contributed by atoms with Crippen LogP contribution in [-0.2, 0) is 6.42 Å². The third-order valence-corrected chi connectivity index (χ3v) is 4.19. The lowest BCUT2D eigenvalue weighted by atomic mass is 10.1. The first kappa shape index (κ1) is 20.1. The molecule has 1 heterocycles. The van der Waals surface area contributed by atoms with Crippen LogP contribution in [-0.4, -0.2) is 36.1 Å². The first-order valence-electron chi connectivity index (χ1n) is 9.41. The Balaban J connectivity index is 1.48. The number of carbonyl (C=O) groups is 1. The average Bonchev–Trinajstić information content (AvgIpc) is 2.76. The molecule has 0 radical (unpaired) electrons. The molecule has 0 unspecified atom stereocenters. The zero-order chi connectivity index (χ0) is 20.5. The topological polar surface area (TPSA) is 85.4 Å². The molecule has 0 fully saturated rings. The maximum Gasteiger partial charge on any atom is 0.258 e. The molecule has 29 heavy (non-hydrogen) atoms. The van der Waals surface area contributed by atoms with Gasteiger partial charge in [-0.05, 0) is 55.3 Å². The maximum atomic E-state index is 12.3. The molecule has 150 valence electrons. The summed E-state index contributed by atoms with van der Waals surface area (Å²) in [5.74, 6) is 1.82. The quantitative estimate of drug-likeness (QED) is 0.576. The maximum absolute atomic E-state index is 12.3. The molecule has 1 amide bonds. The van der Waals surface area contributed by atoms with Crippen molar-refractivity contribution in [2.75, 3.05) is 30.9 Å². The fraction of sp³-hybridized carbons (Fsp3) is 0.227. The van der Waals surface area contributed by atoms with E-state index in [1.807, 2.05) is 43.3 Å². The lowest BCUT2D eigenvalue weighted by molar-refractivity contribution is 0.102. The highest BCUT2D eigenvalue weighted by molar-refractivity contribution is 6.03. The number of aromatic nitrogens is 2. The normalized spacial score (nSPS) is 10.3. The zero-order valence-electron chi connectivity index (χ0n) is 16.5. The summed E-state index contributed by atoms with van der Waals surface area (Å²) in [5.41, 5.74) is 2.25. The van der Waals surface area contributed by atoms with Crippen molar-refractivity contribution >= 4 is 17.5 Å². The molecular weight excluding hydrogens is 368 g/mol. The first-order chi connectivity index (χ1) is 14.2. The van der Waals surface area contributed by atoms with Crippen LogP contribution in [0.1, 0.15) is 22.8 Å². The van der Waals surface area contributed by atoms with Gasteiger partial charge in [0.2, 0.25) is 5.95 Å². The van der Waals surface area contributed by atoms with Gasteiger partial charge in [0.1, 0.15) is 11.5 Å². The highest BCUT2D eigenvalue weighted by Crippen LogP contribution is 2.16. The molecule has 0 aliphatic heterocycles. The van der Waals surface area contributed by atoms with E-state index in [1.165, 1.54) is 18.0 Å². The van der Waals surface area contributed by atoms with Crippen molar-refractivity contribution in [3.8, 4) is 11.5 Å². The lowest BCUT2D eigenvalue weighted by Gasteiger charge is -2.08. The van der Waals surface area contributed by atoms with Crippen molar-refractivity contribution < 1.29 is 14.3 Å². The molecule has 0 saturated heterocycles. The van der Waals surface area contributed by atoms with Gasteiger partial charge in [-0.25, -0.2) is 9.97 Å². The van der Waals surface area contributed by atoms with Gasteiger partial charge in [0, 0.05) is 24.6 Å². The van der Waals surface area contributed by atoms with Gasteiger partial charge in [0.05, 0.1) is 19.3 Å². The molecule has 3 rings (SSSR count). The Morgan fingerprint density at radius 2 is 1.62 bits per heavy atom. The number of benzene rings is 2. The van der Waals surface area contributed by atoms with Crippen LogP contribution in [0.5, 0.6) is 11.5 Å². The number of amides is 1. The lowest BCUT2D eigenvalue weighted by Crippen LogP contribution is -2.14. The minimum Gasteiger partial charge on any atom is -0.497 e. The minimum absolute atomic E-state index is 0.265. The van der Waals surface area contributed by atoms with Gasteiger partial charge in [-0.2, -0.15) is 0 Å². The third-order valence-electron chi connectivity index (χ3n) is 4.19. The molecule has 1 aromatic heterocycles. The molecule has 3 aromatic rings. The molecule has 0 aliphatic rings. The van der Waals surface area contributed by atoms with Gasteiger partial charge in [-0.1, -0.05) is 12.1 Å². The van der Waals surface area contributed by atoms with E-state index in [-0.39, 0.29) is 5.91 Å². The fourth-order valence-corrected chi connectivity index (χ4v) is 2.65. The van der Waals surface area contributed by atoms with E-state index in [2.05, 4.69) is 20.6 Å². The van der Waals surface area contributed by atoms with Gasteiger partial charge in [-0.15, -0.1) is 0 Å². The minimum atomic E-state index is -0.265. The van der Waals surface area contributed by atoms with Crippen molar-refractivity contribution in [2.24, 2.45) is 0 Å². The highest BCUT2D eigenvalue weighted by atomic mass is 16.5. The third kappa shape index (κ3) is 5.93. The average molecular weight is 392 g/mol. The van der Waals surface area contributed by atoms with Crippen LogP contribution in [0.25, 0.3) is 0 Å².